The van der Waals surface area contributed by atoms with Crippen LogP contribution in [0.3, 0.4) is 0 Å². The van der Waals surface area contributed by atoms with Crippen molar-refractivity contribution in [2.75, 3.05) is 6.54 Å². The number of benzene rings is 1. The van der Waals surface area contributed by atoms with Crippen LogP contribution in [0.5, 0.6) is 0 Å². The molecule has 1 aromatic carbocycles. The number of aryl methyl sites for hydroxylation is 2. The Morgan fingerprint density at radius 3 is 2.39 bits per heavy atom. The van der Waals surface area contributed by atoms with Gasteiger partial charge in [-0.05, 0) is 36.6 Å². The molecule has 0 bridgehead atoms. The lowest BCUT2D eigenvalue weighted by Crippen LogP contribution is -2.30. The summed E-state index contributed by atoms with van der Waals surface area (Å²) >= 11 is 0.804. The number of thiophene rings is 1. The van der Waals surface area contributed by atoms with E-state index >= 15 is 0 Å². The van der Waals surface area contributed by atoms with E-state index in [1.807, 2.05) is 31.2 Å². The van der Waals surface area contributed by atoms with Crippen LogP contribution in [0.15, 0.2) is 34.5 Å². The summed E-state index contributed by atoms with van der Waals surface area (Å²) < 4.78 is 27.1. The highest BCUT2D eigenvalue weighted by molar-refractivity contribution is 7.91. The summed E-state index contributed by atoms with van der Waals surface area (Å²) in [5.74, 6) is -1.10. The van der Waals surface area contributed by atoms with E-state index in [0.717, 1.165) is 22.5 Å². The summed E-state index contributed by atoms with van der Waals surface area (Å²) in [6.45, 7) is 5.90. The lowest BCUT2D eigenvalue weighted by molar-refractivity contribution is 0.0701. The van der Waals surface area contributed by atoms with E-state index in [2.05, 4.69) is 0 Å². The summed E-state index contributed by atoms with van der Waals surface area (Å²) in [5.41, 5.74) is 2.42. The van der Waals surface area contributed by atoms with Crippen molar-refractivity contribution < 1.29 is 18.3 Å². The number of rotatable bonds is 6. The van der Waals surface area contributed by atoms with Crippen molar-refractivity contribution >= 4 is 27.3 Å². The Morgan fingerprint density at radius 1 is 1.22 bits per heavy atom. The van der Waals surface area contributed by atoms with Crippen molar-refractivity contribution in [2.45, 2.75) is 31.5 Å². The summed E-state index contributed by atoms with van der Waals surface area (Å²) in [6, 6.07) is 9.06. The minimum Gasteiger partial charge on any atom is -0.477 e. The van der Waals surface area contributed by atoms with Gasteiger partial charge in [0.15, 0.2) is 0 Å². The van der Waals surface area contributed by atoms with Gasteiger partial charge in [-0.2, -0.15) is 4.31 Å². The predicted molar refractivity (Wildman–Crippen MR) is 90.5 cm³/mol. The van der Waals surface area contributed by atoms with E-state index in [1.165, 1.54) is 10.4 Å². The van der Waals surface area contributed by atoms with Crippen LogP contribution < -0.4 is 0 Å². The maximum Gasteiger partial charge on any atom is 0.346 e. The standard InChI is InChI=1S/C16H19NO4S2/c1-4-17(10-13-8-6-5-7-11(13)2)23(20,21)14-9-12(3)15(22-14)16(18)19/h5-9H,4,10H2,1-3H3,(H,18,19). The summed E-state index contributed by atoms with van der Waals surface area (Å²) in [5, 5.41) is 9.11. The number of sulfonamides is 1. The number of carbonyl (C=O) groups is 1. The van der Waals surface area contributed by atoms with Crippen LogP contribution in [-0.4, -0.2) is 30.3 Å². The third-order valence-corrected chi connectivity index (χ3v) is 7.24. The molecule has 1 heterocycles. The summed E-state index contributed by atoms with van der Waals surface area (Å²) in [4.78, 5) is 11.2. The Balaban J connectivity index is 2.38. The molecule has 124 valence electrons. The molecule has 1 N–H and O–H groups in total. The lowest BCUT2D eigenvalue weighted by atomic mass is 10.1. The maximum atomic E-state index is 12.8. The van der Waals surface area contributed by atoms with Crippen molar-refractivity contribution in [1.82, 2.24) is 4.31 Å². The van der Waals surface area contributed by atoms with Gasteiger partial charge in [0.25, 0.3) is 10.0 Å². The Morgan fingerprint density at radius 2 is 1.87 bits per heavy atom. The van der Waals surface area contributed by atoms with E-state index < -0.39 is 16.0 Å². The number of carboxylic acid groups (broad SMARTS) is 1. The molecule has 0 aliphatic heterocycles. The molecule has 7 heteroatoms. The van der Waals surface area contributed by atoms with E-state index in [9.17, 15) is 13.2 Å². The summed E-state index contributed by atoms with van der Waals surface area (Å²) in [6.07, 6.45) is 0. The molecule has 0 fully saturated rings. The molecule has 0 amide bonds. The highest BCUT2D eigenvalue weighted by Gasteiger charge is 2.27. The van der Waals surface area contributed by atoms with Gasteiger partial charge in [-0.25, -0.2) is 13.2 Å². The van der Waals surface area contributed by atoms with Crippen molar-refractivity contribution in [3.8, 4) is 0 Å². The first kappa shape index (κ1) is 17.7. The average Bonchev–Trinajstić information content (AvgIpc) is 2.89. The Bertz CT molecular complexity index is 824. The van der Waals surface area contributed by atoms with Gasteiger partial charge in [0.05, 0.1) is 0 Å². The van der Waals surface area contributed by atoms with Gasteiger partial charge in [0, 0.05) is 13.1 Å². The number of hydrogen-bond acceptors (Lipinski definition) is 4. The smallest absolute Gasteiger partial charge is 0.346 e. The molecule has 0 unspecified atom stereocenters. The van der Waals surface area contributed by atoms with E-state index in [4.69, 9.17) is 5.11 Å². The summed E-state index contributed by atoms with van der Waals surface area (Å²) in [7, 11) is -3.71. The Labute approximate surface area is 140 Å². The van der Waals surface area contributed by atoms with Crippen molar-refractivity contribution in [3.05, 3.63) is 51.9 Å². The molecule has 5 nitrogen and oxygen atoms in total. The first-order valence-electron chi connectivity index (χ1n) is 7.15. The van der Waals surface area contributed by atoms with Crippen LogP contribution in [0.1, 0.15) is 33.3 Å². The second-order valence-electron chi connectivity index (χ2n) is 5.24. The molecule has 23 heavy (non-hydrogen) atoms. The first-order valence-corrected chi connectivity index (χ1v) is 9.41. The molecule has 2 rings (SSSR count). The minimum absolute atomic E-state index is 0.0653. The SMILES string of the molecule is CCN(Cc1ccccc1C)S(=O)(=O)c1cc(C)c(C(=O)O)s1. The van der Waals surface area contributed by atoms with Crippen LogP contribution in [-0.2, 0) is 16.6 Å². The maximum absolute atomic E-state index is 12.8. The van der Waals surface area contributed by atoms with Gasteiger partial charge < -0.3 is 5.11 Å². The molecule has 0 atom stereocenters. The van der Waals surface area contributed by atoms with Gasteiger partial charge in [0.1, 0.15) is 9.09 Å². The van der Waals surface area contributed by atoms with E-state index in [1.54, 1.807) is 13.8 Å². The molecule has 0 saturated heterocycles. The Hall–Kier alpha value is -1.70. The third-order valence-electron chi connectivity index (χ3n) is 3.64. The fourth-order valence-electron chi connectivity index (χ4n) is 2.26. The molecular weight excluding hydrogens is 334 g/mol. The number of carboxylic acids is 1. The van der Waals surface area contributed by atoms with Crippen LogP contribution in [0.2, 0.25) is 0 Å². The molecule has 0 saturated carbocycles. The first-order chi connectivity index (χ1) is 10.8. The number of aromatic carboxylic acids is 1. The molecule has 0 spiro atoms. The number of hydrogen-bond donors (Lipinski definition) is 1. The topological polar surface area (TPSA) is 74.7 Å². The van der Waals surface area contributed by atoms with Gasteiger partial charge in [-0.3, -0.25) is 0 Å². The monoisotopic (exact) mass is 353 g/mol. The third kappa shape index (κ3) is 3.63. The largest absolute Gasteiger partial charge is 0.477 e. The fourth-order valence-corrected chi connectivity index (χ4v) is 5.22. The molecular formula is C16H19NO4S2. The zero-order chi connectivity index (χ0) is 17.2. The normalized spacial score (nSPS) is 11.8. The highest BCUT2D eigenvalue weighted by Crippen LogP contribution is 2.29. The van der Waals surface area contributed by atoms with Crippen LogP contribution in [0.25, 0.3) is 0 Å². The predicted octanol–water partition coefficient (Wildman–Crippen LogP) is 3.27. The van der Waals surface area contributed by atoms with Crippen molar-refractivity contribution in [1.29, 1.82) is 0 Å². The van der Waals surface area contributed by atoms with Gasteiger partial charge >= 0.3 is 5.97 Å². The van der Waals surface area contributed by atoms with Crippen molar-refractivity contribution in [2.24, 2.45) is 0 Å². The van der Waals surface area contributed by atoms with E-state index in [0.29, 0.717) is 12.1 Å². The second-order valence-corrected chi connectivity index (χ2v) is 8.46. The number of nitrogens with zero attached hydrogens (tertiary/aromatic N) is 1. The second kappa shape index (κ2) is 6.82. The molecule has 1 aromatic heterocycles. The van der Waals surface area contributed by atoms with Gasteiger partial charge in [-0.1, -0.05) is 31.2 Å². The van der Waals surface area contributed by atoms with Gasteiger partial charge in [-0.15, -0.1) is 11.3 Å². The van der Waals surface area contributed by atoms with Gasteiger partial charge in [0.2, 0.25) is 0 Å². The van der Waals surface area contributed by atoms with Crippen molar-refractivity contribution in [3.63, 3.8) is 0 Å². The zero-order valence-corrected chi connectivity index (χ0v) is 14.9. The lowest BCUT2D eigenvalue weighted by Gasteiger charge is -2.20. The van der Waals surface area contributed by atoms with E-state index in [-0.39, 0.29) is 15.6 Å². The Kier molecular flexibility index (Phi) is 5.23. The molecule has 2 aromatic rings. The highest BCUT2D eigenvalue weighted by atomic mass is 32.2. The molecule has 0 radical (unpaired) electrons. The zero-order valence-electron chi connectivity index (χ0n) is 13.2. The molecule has 0 aliphatic carbocycles. The average molecular weight is 353 g/mol. The fraction of sp³-hybridized carbons (Fsp3) is 0.312. The minimum atomic E-state index is -3.71. The van der Waals surface area contributed by atoms with Crippen LogP contribution in [0.4, 0.5) is 0 Å². The molecule has 0 aliphatic rings. The van der Waals surface area contributed by atoms with Crippen LogP contribution in [0, 0.1) is 13.8 Å². The van der Waals surface area contributed by atoms with Crippen LogP contribution >= 0.6 is 11.3 Å². The quantitative estimate of drug-likeness (QED) is 0.865.